The predicted octanol–water partition coefficient (Wildman–Crippen LogP) is 2.71. The molecule has 0 atom stereocenters. The summed E-state index contributed by atoms with van der Waals surface area (Å²) >= 11 is 0. The van der Waals surface area contributed by atoms with Gasteiger partial charge in [0.25, 0.3) is 0 Å². The fourth-order valence-corrected chi connectivity index (χ4v) is 2.80. The standard InChI is InChI=1S/C15H23N3/c1-15(2)7-3-9-18(15)14-10-12(6-8-16-14)11-17-13-4-5-13/h6,8,10,13,17H,3-5,7,9,11H2,1-2H3. The van der Waals surface area contributed by atoms with Crippen LogP contribution < -0.4 is 10.2 Å². The van der Waals surface area contributed by atoms with Crippen LogP contribution in [0.1, 0.15) is 45.1 Å². The summed E-state index contributed by atoms with van der Waals surface area (Å²) in [5.41, 5.74) is 1.62. The van der Waals surface area contributed by atoms with Crippen LogP contribution in [-0.4, -0.2) is 23.1 Å². The molecule has 0 unspecified atom stereocenters. The van der Waals surface area contributed by atoms with E-state index in [4.69, 9.17) is 0 Å². The third-order valence-electron chi connectivity index (χ3n) is 4.16. The second kappa shape index (κ2) is 4.54. The second-order valence-electron chi connectivity index (χ2n) is 6.25. The number of rotatable bonds is 4. The molecule has 18 heavy (non-hydrogen) atoms. The van der Waals surface area contributed by atoms with Crippen LogP contribution in [0.25, 0.3) is 0 Å². The molecule has 1 saturated carbocycles. The van der Waals surface area contributed by atoms with Crippen molar-refractivity contribution in [3.8, 4) is 0 Å². The van der Waals surface area contributed by atoms with Crippen molar-refractivity contribution in [3.63, 3.8) is 0 Å². The van der Waals surface area contributed by atoms with Crippen molar-refractivity contribution in [2.75, 3.05) is 11.4 Å². The molecule has 1 saturated heterocycles. The molecule has 3 rings (SSSR count). The van der Waals surface area contributed by atoms with Gasteiger partial charge in [0.05, 0.1) is 0 Å². The molecule has 1 N–H and O–H groups in total. The van der Waals surface area contributed by atoms with E-state index in [9.17, 15) is 0 Å². The van der Waals surface area contributed by atoms with Gasteiger partial charge in [-0.3, -0.25) is 0 Å². The van der Waals surface area contributed by atoms with E-state index in [0.717, 1.165) is 24.9 Å². The zero-order valence-electron chi connectivity index (χ0n) is 11.4. The Morgan fingerprint density at radius 3 is 2.94 bits per heavy atom. The predicted molar refractivity (Wildman–Crippen MR) is 74.8 cm³/mol. The summed E-state index contributed by atoms with van der Waals surface area (Å²) in [4.78, 5) is 7.01. The first-order chi connectivity index (χ1) is 8.65. The summed E-state index contributed by atoms with van der Waals surface area (Å²) in [7, 11) is 0. The number of nitrogens with zero attached hydrogens (tertiary/aromatic N) is 2. The van der Waals surface area contributed by atoms with E-state index in [1.165, 1.54) is 31.2 Å². The average molecular weight is 245 g/mol. The Morgan fingerprint density at radius 2 is 2.28 bits per heavy atom. The summed E-state index contributed by atoms with van der Waals surface area (Å²) < 4.78 is 0. The highest BCUT2D eigenvalue weighted by Gasteiger charge is 2.32. The SMILES string of the molecule is CC1(C)CCCN1c1cc(CNC2CC2)ccn1. The minimum Gasteiger partial charge on any atom is -0.351 e. The Hall–Kier alpha value is -1.09. The van der Waals surface area contributed by atoms with Crippen LogP contribution in [0.15, 0.2) is 18.3 Å². The van der Waals surface area contributed by atoms with Crippen molar-refractivity contribution < 1.29 is 0 Å². The largest absolute Gasteiger partial charge is 0.351 e. The number of anilines is 1. The molecule has 1 aromatic heterocycles. The zero-order chi connectivity index (χ0) is 12.6. The van der Waals surface area contributed by atoms with E-state index in [2.05, 4.69) is 41.2 Å². The fourth-order valence-electron chi connectivity index (χ4n) is 2.80. The number of pyridine rings is 1. The lowest BCUT2D eigenvalue weighted by Crippen LogP contribution is -2.38. The minimum absolute atomic E-state index is 0.259. The van der Waals surface area contributed by atoms with Crippen molar-refractivity contribution in [1.82, 2.24) is 10.3 Å². The first kappa shape index (κ1) is 12.0. The van der Waals surface area contributed by atoms with Crippen LogP contribution in [0.4, 0.5) is 5.82 Å². The molecule has 2 fully saturated rings. The van der Waals surface area contributed by atoms with Crippen molar-refractivity contribution in [1.29, 1.82) is 0 Å². The molecule has 3 heteroatoms. The summed E-state index contributed by atoms with van der Waals surface area (Å²) in [6.07, 6.45) is 7.18. The third kappa shape index (κ3) is 2.51. The summed E-state index contributed by atoms with van der Waals surface area (Å²) in [5, 5.41) is 3.57. The fraction of sp³-hybridized carbons (Fsp3) is 0.667. The Balaban J connectivity index is 1.73. The summed E-state index contributed by atoms with van der Waals surface area (Å²) in [5.74, 6) is 1.15. The van der Waals surface area contributed by atoms with E-state index < -0.39 is 0 Å². The van der Waals surface area contributed by atoms with Crippen LogP contribution >= 0.6 is 0 Å². The molecule has 0 radical (unpaired) electrons. The van der Waals surface area contributed by atoms with Gasteiger partial charge in [-0.1, -0.05) is 0 Å². The van der Waals surface area contributed by atoms with Gasteiger partial charge in [0.1, 0.15) is 5.82 Å². The maximum atomic E-state index is 4.56. The van der Waals surface area contributed by atoms with Gasteiger partial charge >= 0.3 is 0 Å². The molecule has 0 amide bonds. The topological polar surface area (TPSA) is 28.2 Å². The van der Waals surface area contributed by atoms with E-state index in [1.807, 2.05) is 6.20 Å². The molecule has 1 aliphatic carbocycles. The molecule has 1 aromatic rings. The Labute approximate surface area is 110 Å². The average Bonchev–Trinajstić information content (AvgIpc) is 3.10. The zero-order valence-corrected chi connectivity index (χ0v) is 11.4. The normalized spacial score (nSPS) is 22.4. The number of hydrogen-bond donors (Lipinski definition) is 1. The lowest BCUT2D eigenvalue weighted by molar-refractivity contribution is 0.514. The van der Waals surface area contributed by atoms with Crippen molar-refractivity contribution >= 4 is 5.82 Å². The molecule has 0 aromatic carbocycles. The molecule has 2 aliphatic rings. The van der Waals surface area contributed by atoms with Gasteiger partial charge in [0, 0.05) is 30.9 Å². The lowest BCUT2D eigenvalue weighted by Gasteiger charge is -2.32. The maximum Gasteiger partial charge on any atom is 0.129 e. The minimum atomic E-state index is 0.259. The van der Waals surface area contributed by atoms with E-state index in [0.29, 0.717) is 0 Å². The van der Waals surface area contributed by atoms with E-state index in [1.54, 1.807) is 0 Å². The first-order valence-corrected chi connectivity index (χ1v) is 7.11. The summed E-state index contributed by atoms with van der Waals surface area (Å²) in [6.45, 7) is 6.75. The van der Waals surface area contributed by atoms with Crippen LogP contribution in [0.3, 0.4) is 0 Å². The van der Waals surface area contributed by atoms with Gasteiger partial charge in [0.15, 0.2) is 0 Å². The van der Waals surface area contributed by atoms with Gasteiger partial charge in [-0.25, -0.2) is 4.98 Å². The highest BCUT2D eigenvalue weighted by Crippen LogP contribution is 2.32. The van der Waals surface area contributed by atoms with Crippen LogP contribution in [0.2, 0.25) is 0 Å². The molecule has 0 bridgehead atoms. The second-order valence-corrected chi connectivity index (χ2v) is 6.25. The van der Waals surface area contributed by atoms with Gasteiger partial charge in [-0.2, -0.15) is 0 Å². The highest BCUT2D eigenvalue weighted by molar-refractivity contribution is 5.45. The maximum absolute atomic E-state index is 4.56. The van der Waals surface area contributed by atoms with Crippen molar-refractivity contribution in [2.45, 2.75) is 57.7 Å². The Kier molecular flexibility index (Phi) is 3.02. The van der Waals surface area contributed by atoms with Gasteiger partial charge in [0.2, 0.25) is 0 Å². The van der Waals surface area contributed by atoms with Gasteiger partial charge in [-0.05, 0) is 57.2 Å². The number of aromatic nitrogens is 1. The highest BCUT2D eigenvalue weighted by atomic mass is 15.3. The molecule has 1 aliphatic heterocycles. The quantitative estimate of drug-likeness (QED) is 0.884. The monoisotopic (exact) mass is 245 g/mol. The van der Waals surface area contributed by atoms with Gasteiger partial charge in [-0.15, -0.1) is 0 Å². The van der Waals surface area contributed by atoms with E-state index >= 15 is 0 Å². The molecular weight excluding hydrogens is 222 g/mol. The lowest BCUT2D eigenvalue weighted by atomic mass is 10.0. The molecule has 2 heterocycles. The van der Waals surface area contributed by atoms with Crippen LogP contribution in [0.5, 0.6) is 0 Å². The van der Waals surface area contributed by atoms with Crippen LogP contribution in [0, 0.1) is 0 Å². The van der Waals surface area contributed by atoms with E-state index in [-0.39, 0.29) is 5.54 Å². The Morgan fingerprint density at radius 1 is 1.44 bits per heavy atom. The third-order valence-corrected chi connectivity index (χ3v) is 4.16. The Bertz CT molecular complexity index is 424. The first-order valence-electron chi connectivity index (χ1n) is 7.11. The van der Waals surface area contributed by atoms with Crippen molar-refractivity contribution in [3.05, 3.63) is 23.9 Å². The number of nitrogens with one attached hydrogen (secondary N) is 1. The van der Waals surface area contributed by atoms with Crippen molar-refractivity contribution in [2.24, 2.45) is 0 Å². The van der Waals surface area contributed by atoms with Crippen LogP contribution in [-0.2, 0) is 6.54 Å². The molecule has 98 valence electrons. The molecular formula is C15H23N3. The molecule has 0 spiro atoms. The summed E-state index contributed by atoms with van der Waals surface area (Å²) in [6, 6.07) is 5.15. The smallest absolute Gasteiger partial charge is 0.129 e. The van der Waals surface area contributed by atoms with Gasteiger partial charge < -0.3 is 10.2 Å². The molecule has 3 nitrogen and oxygen atoms in total. The number of hydrogen-bond acceptors (Lipinski definition) is 3.